The molecule has 0 amide bonds. The lowest BCUT2D eigenvalue weighted by Crippen LogP contribution is -2.41. The number of hydrogen-bond donors (Lipinski definition) is 1. The highest BCUT2D eigenvalue weighted by Gasteiger charge is 2.42. The number of nitrogens with one attached hydrogen (secondary N) is 1. The van der Waals surface area contributed by atoms with Gasteiger partial charge in [0.15, 0.2) is 0 Å². The summed E-state index contributed by atoms with van der Waals surface area (Å²) in [6.07, 6.45) is 4.05. The molecule has 1 aliphatic carbocycles. The van der Waals surface area contributed by atoms with Crippen LogP contribution in [-0.2, 0) is 16.0 Å². The van der Waals surface area contributed by atoms with E-state index in [4.69, 9.17) is 4.74 Å². The van der Waals surface area contributed by atoms with Gasteiger partial charge < -0.3 is 9.72 Å². The highest BCUT2D eigenvalue weighted by Crippen LogP contribution is 2.39. The van der Waals surface area contributed by atoms with Gasteiger partial charge in [0.1, 0.15) is 17.3 Å². The van der Waals surface area contributed by atoms with Crippen LogP contribution in [0, 0.1) is 5.41 Å². The van der Waals surface area contributed by atoms with Crippen LogP contribution in [0.2, 0.25) is 0 Å². The van der Waals surface area contributed by atoms with Crippen molar-refractivity contribution >= 4 is 22.5 Å². The van der Waals surface area contributed by atoms with E-state index in [0.29, 0.717) is 25.7 Å². The van der Waals surface area contributed by atoms with E-state index in [1.54, 1.807) is 14.0 Å². The molecule has 1 N–H and O–H groups in total. The predicted octanol–water partition coefficient (Wildman–Crippen LogP) is 4.71. The van der Waals surface area contributed by atoms with Gasteiger partial charge in [0, 0.05) is 35.5 Å². The number of para-hydroxylation sites is 1. The molecular formula is C23H23NO3. The number of aromatic nitrogens is 1. The zero-order valence-electron chi connectivity index (χ0n) is 15.7. The van der Waals surface area contributed by atoms with Gasteiger partial charge in [-0.25, -0.2) is 0 Å². The summed E-state index contributed by atoms with van der Waals surface area (Å²) in [7, 11) is 1.64. The number of aromatic amines is 1. The van der Waals surface area contributed by atoms with Crippen molar-refractivity contribution in [3.8, 4) is 16.9 Å². The molecule has 0 saturated heterocycles. The molecular weight excluding hydrogens is 338 g/mol. The van der Waals surface area contributed by atoms with Crippen molar-refractivity contribution in [1.29, 1.82) is 0 Å². The zero-order chi connectivity index (χ0) is 19.0. The molecule has 4 heteroatoms. The molecule has 4 rings (SSSR count). The molecule has 2 aromatic carbocycles. The number of benzene rings is 2. The highest BCUT2D eigenvalue weighted by atomic mass is 16.5. The van der Waals surface area contributed by atoms with Gasteiger partial charge in [-0.1, -0.05) is 24.3 Å². The molecule has 1 heterocycles. The normalized spacial score (nSPS) is 16.7. The molecule has 0 unspecified atom stereocenters. The van der Waals surface area contributed by atoms with Crippen molar-refractivity contribution < 1.29 is 14.3 Å². The van der Waals surface area contributed by atoms with Gasteiger partial charge in [-0.2, -0.15) is 0 Å². The van der Waals surface area contributed by atoms with Crippen LogP contribution < -0.4 is 4.74 Å². The molecule has 0 aliphatic heterocycles. The summed E-state index contributed by atoms with van der Waals surface area (Å²) in [5.41, 5.74) is 3.16. The number of ether oxygens (including phenoxy) is 1. The Hall–Kier alpha value is -2.88. The van der Waals surface area contributed by atoms with Gasteiger partial charge in [0.25, 0.3) is 0 Å². The minimum Gasteiger partial charge on any atom is -0.497 e. The molecule has 0 radical (unpaired) electrons. The van der Waals surface area contributed by atoms with Crippen LogP contribution in [0.3, 0.4) is 0 Å². The highest BCUT2D eigenvalue weighted by molar-refractivity contribution is 6.09. The Kier molecular flexibility index (Phi) is 4.34. The van der Waals surface area contributed by atoms with Crippen LogP contribution >= 0.6 is 0 Å². The lowest BCUT2D eigenvalue weighted by molar-refractivity contribution is -0.142. The summed E-state index contributed by atoms with van der Waals surface area (Å²) >= 11 is 0. The second-order valence-electron chi connectivity index (χ2n) is 7.48. The van der Waals surface area contributed by atoms with Crippen molar-refractivity contribution in [3.05, 3.63) is 54.2 Å². The minimum atomic E-state index is -0.937. The fraction of sp³-hybridized carbons (Fsp3) is 0.304. The molecule has 0 bridgehead atoms. The van der Waals surface area contributed by atoms with Gasteiger partial charge in [-0.15, -0.1) is 0 Å². The van der Waals surface area contributed by atoms with E-state index in [1.807, 2.05) is 42.6 Å². The van der Waals surface area contributed by atoms with Crippen molar-refractivity contribution in [2.75, 3.05) is 7.11 Å². The fourth-order valence-corrected chi connectivity index (χ4v) is 4.08. The maximum Gasteiger partial charge on any atom is 0.146 e. The summed E-state index contributed by atoms with van der Waals surface area (Å²) in [5, 5.41) is 1.11. The number of hydrogen-bond acceptors (Lipinski definition) is 3. The summed E-state index contributed by atoms with van der Waals surface area (Å²) < 4.78 is 5.43. The Labute approximate surface area is 158 Å². The first kappa shape index (κ1) is 17.5. The third-order valence-electron chi connectivity index (χ3n) is 5.78. The van der Waals surface area contributed by atoms with E-state index in [2.05, 4.69) is 11.1 Å². The Bertz CT molecular complexity index is 1020. The van der Waals surface area contributed by atoms with Gasteiger partial charge in [0.05, 0.1) is 12.5 Å². The number of ketones is 2. The second-order valence-corrected chi connectivity index (χ2v) is 7.48. The van der Waals surface area contributed by atoms with Gasteiger partial charge in [0.2, 0.25) is 0 Å². The van der Waals surface area contributed by atoms with E-state index in [1.165, 1.54) is 0 Å². The zero-order valence-corrected chi connectivity index (χ0v) is 15.7. The molecule has 4 nitrogen and oxygen atoms in total. The van der Waals surface area contributed by atoms with Crippen molar-refractivity contribution in [3.63, 3.8) is 0 Å². The lowest BCUT2D eigenvalue weighted by Gasteiger charge is -2.31. The van der Waals surface area contributed by atoms with Crippen LogP contribution in [0.4, 0.5) is 0 Å². The fourth-order valence-electron chi connectivity index (χ4n) is 4.08. The molecule has 138 valence electrons. The van der Waals surface area contributed by atoms with E-state index in [9.17, 15) is 9.59 Å². The SMILES string of the molecule is COc1ccc(CC2(C)C(=O)CCCC2=O)c(-c2c[nH]c3ccccc23)c1. The average Bonchev–Trinajstić information content (AvgIpc) is 3.11. The number of carbonyl (C=O) groups is 2. The number of carbonyl (C=O) groups excluding carboxylic acids is 2. The standard InChI is InChI=1S/C23H23NO3/c1-23(21(25)8-5-9-22(23)26)13-15-10-11-16(27-2)12-18(15)19-14-24-20-7-4-3-6-17(19)20/h3-4,6-7,10-12,14,24H,5,8-9,13H2,1-2H3. The minimum absolute atomic E-state index is 0.0550. The first-order valence-electron chi connectivity index (χ1n) is 9.33. The first-order valence-corrected chi connectivity index (χ1v) is 9.33. The summed E-state index contributed by atoms with van der Waals surface area (Å²) in [6.45, 7) is 1.81. The van der Waals surface area contributed by atoms with Crippen molar-refractivity contribution in [1.82, 2.24) is 4.98 Å². The summed E-state index contributed by atoms with van der Waals surface area (Å²) in [5.74, 6) is 0.865. The average molecular weight is 361 g/mol. The molecule has 1 aromatic heterocycles. The Morgan fingerprint density at radius 2 is 1.78 bits per heavy atom. The first-order chi connectivity index (χ1) is 13.0. The number of Topliss-reactive ketones (excluding diaryl/α,β-unsaturated/α-hetero) is 2. The maximum absolute atomic E-state index is 12.6. The van der Waals surface area contributed by atoms with Crippen LogP contribution in [0.1, 0.15) is 31.7 Å². The number of rotatable bonds is 4. The van der Waals surface area contributed by atoms with E-state index in [0.717, 1.165) is 33.3 Å². The molecule has 1 saturated carbocycles. The van der Waals surface area contributed by atoms with Gasteiger partial charge in [-0.3, -0.25) is 9.59 Å². The topological polar surface area (TPSA) is 59.2 Å². The summed E-state index contributed by atoms with van der Waals surface area (Å²) in [6, 6.07) is 14.0. The van der Waals surface area contributed by atoms with Crippen molar-refractivity contribution in [2.24, 2.45) is 5.41 Å². The van der Waals surface area contributed by atoms with Gasteiger partial charge in [-0.05, 0) is 49.1 Å². The largest absolute Gasteiger partial charge is 0.497 e. The Morgan fingerprint density at radius 1 is 1.04 bits per heavy atom. The third-order valence-corrected chi connectivity index (χ3v) is 5.78. The maximum atomic E-state index is 12.6. The molecule has 0 atom stereocenters. The van der Waals surface area contributed by atoms with Crippen LogP contribution in [0.25, 0.3) is 22.0 Å². The lowest BCUT2D eigenvalue weighted by atomic mass is 9.69. The number of methoxy groups -OCH3 is 1. The molecule has 27 heavy (non-hydrogen) atoms. The van der Waals surface area contributed by atoms with Crippen LogP contribution in [0.5, 0.6) is 5.75 Å². The molecule has 1 fully saturated rings. The van der Waals surface area contributed by atoms with E-state index in [-0.39, 0.29) is 11.6 Å². The van der Waals surface area contributed by atoms with Gasteiger partial charge >= 0.3 is 0 Å². The second kappa shape index (κ2) is 6.69. The summed E-state index contributed by atoms with van der Waals surface area (Å²) in [4.78, 5) is 28.5. The predicted molar refractivity (Wildman–Crippen MR) is 106 cm³/mol. The molecule has 3 aromatic rings. The number of H-pyrrole nitrogens is 1. The van der Waals surface area contributed by atoms with E-state index >= 15 is 0 Å². The quantitative estimate of drug-likeness (QED) is 0.684. The van der Waals surface area contributed by atoms with Crippen LogP contribution in [-0.4, -0.2) is 23.7 Å². The smallest absolute Gasteiger partial charge is 0.146 e. The Balaban J connectivity index is 1.84. The Morgan fingerprint density at radius 3 is 2.52 bits per heavy atom. The number of fused-ring (bicyclic) bond motifs is 1. The monoisotopic (exact) mass is 361 g/mol. The third kappa shape index (κ3) is 2.95. The molecule has 0 spiro atoms. The van der Waals surface area contributed by atoms with Crippen molar-refractivity contribution in [2.45, 2.75) is 32.6 Å². The van der Waals surface area contributed by atoms with Crippen LogP contribution in [0.15, 0.2) is 48.7 Å². The molecule has 1 aliphatic rings. The van der Waals surface area contributed by atoms with E-state index < -0.39 is 5.41 Å².